The minimum absolute atomic E-state index is 0.141. The van der Waals surface area contributed by atoms with E-state index in [2.05, 4.69) is 15.9 Å². The van der Waals surface area contributed by atoms with Crippen LogP contribution in [0.2, 0.25) is 5.02 Å². The van der Waals surface area contributed by atoms with E-state index in [1.54, 1.807) is 24.3 Å². The van der Waals surface area contributed by atoms with E-state index in [0.29, 0.717) is 28.7 Å². The summed E-state index contributed by atoms with van der Waals surface area (Å²) in [6.07, 6.45) is 1.70. The molecular formula is C23H16BrClO3. The first-order valence-corrected chi connectivity index (χ1v) is 9.89. The van der Waals surface area contributed by atoms with Gasteiger partial charge in [-0.1, -0.05) is 51.8 Å². The monoisotopic (exact) mass is 454 g/mol. The second kappa shape index (κ2) is 7.82. The fourth-order valence-electron chi connectivity index (χ4n) is 3.01. The molecule has 0 N–H and O–H groups in total. The van der Waals surface area contributed by atoms with Gasteiger partial charge in [-0.15, -0.1) is 0 Å². The first kappa shape index (κ1) is 18.8. The van der Waals surface area contributed by atoms with Crippen molar-refractivity contribution >= 4 is 39.4 Å². The zero-order valence-electron chi connectivity index (χ0n) is 15.0. The van der Waals surface area contributed by atoms with Crippen LogP contribution in [0.1, 0.15) is 27.0 Å². The summed E-state index contributed by atoms with van der Waals surface area (Å²) >= 11 is 9.45. The molecule has 0 atom stereocenters. The Morgan fingerprint density at radius 1 is 1.11 bits per heavy atom. The second-order valence-corrected chi connectivity index (χ2v) is 7.83. The summed E-state index contributed by atoms with van der Waals surface area (Å²) in [5.74, 6) is 1.38. The number of fused-ring (bicyclic) bond motifs is 1. The highest BCUT2D eigenvalue weighted by atomic mass is 79.9. The van der Waals surface area contributed by atoms with Gasteiger partial charge in [-0.2, -0.15) is 0 Å². The largest absolute Gasteiger partial charge is 0.488 e. The van der Waals surface area contributed by atoms with Crippen LogP contribution < -0.4 is 9.47 Å². The molecule has 0 amide bonds. The number of halogens is 2. The Labute approximate surface area is 176 Å². The predicted molar refractivity (Wildman–Crippen MR) is 114 cm³/mol. The van der Waals surface area contributed by atoms with Crippen molar-refractivity contribution in [2.45, 2.75) is 13.5 Å². The van der Waals surface area contributed by atoms with Gasteiger partial charge in [0, 0.05) is 15.1 Å². The number of hydrogen-bond donors (Lipinski definition) is 0. The number of carbonyl (C=O) groups excluding carboxylic acids is 1. The minimum Gasteiger partial charge on any atom is -0.488 e. The molecule has 1 aliphatic heterocycles. The Morgan fingerprint density at radius 2 is 1.89 bits per heavy atom. The van der Waals surface area contributed by atoms with Gasteiger partial charge in [-0.3, -0.25) is 4.79 Å². The fourth-order valence-corrected chi connectivity index (χ4v) is 3.48. The molecule has 0 fully saturated rings. The number of Topliss-reactive ketones (excluding diaryl/α,β-unsaturated/α-hetero) is 1. The number of rotatable bonds is 4. The zero-order valence-corrected chi connectivity index (χ0v) is 17.4. The molecule has 3 aromatic carbocycles. The van der Waals surface area contributed by atoms with Crippen LogP contribution in [0.5, 0.6) is 11.5 Å². The van der Waals surface area contributed by atoms with E-state index < -0.39 is 0 Å². The fraction of sp³-hybridized carbons (Fsp3) is 0.0870. The molecule has 0 radical (unpaired) electrons. The molecule has 1 heterocycles. The topological polar surface area (TPSA) is 35.5 Å². The SMILES string of the molecule is Cc1c(OCc2ccc(Br)cc2)ccc2c1O/C(=C\c1cccc(Cl)c1)C2=O. The third kappa shape index (κ3) is 3.84. The lowest BCUT2D eigenvalue weighted by atomic mass is 10.1. The number of benzene rings is 3. The molecule has 3 nitrogen and oxygen atoms in total. The standard InChI is InChI=1S/C23H16BrClO3/c1-14-20(27-13-15-5-7-17(24)8-6-15)10-9-19-22(26)21(28-23(14)19)12-16-3-2-4-18(25)11-16/h2-12H,13H2,1H3/b21-12-. The van der Waals surface area contributed by atoms with E-state index in [9.17, 15) is 4.79 Å². The maximum atomic E-state index is 12.7. The maximum absolute atomic E-state index is 12.7. The molecule has 5 heteroatoms. The highest BCUT2D eigenvalue weighted by Gasteiger charge is 2.30. The molecule has 140 valence electrons. The summed E-state index contributed by atoms with van der Waals surface area (Å²) in [6, 6.07) is 18.8. The van der Waals surface area contributed by atoms with E-state index in [0.717, 1.165) is 21.2 Å². The zero-order chi connectivity index (χ0) is 19.7. The van der Waals surface area contributed by atoms with E-state index in [1.165, 1.54) is 0 Å². The Morgan fingerprint density at radius 3 is 2.64 bits per heavy atom. The predicted octanol–water partition coefficient (Wildman–Crippen LogP) is 6.61. The molecule has 28 heavy (non-hydrogen) atoms. The van der Waals surface area contributed by atoms with Crippen LogP contribution in [0.25, 0.3) is 6.08 Å². The average molecular weight is 456 g/mol. The Hall–Kier alpha value is -2.56. The highest BCUT2D eigenvalue weighted by Crippen LogP contribution is 2.39. The summed E-state index contributed by atoms with van der Waals surface area (Å²) < 4.78 is 12.9. The van der Waals surface area contributed by atoms with Crippen LogP contribution >= 0.6 is 27.5 Å². The van der Waals surface area contributed by atoms with Crippen molar-refractivity contribution in [1.82, 2.24) is 0 Å². The van der Waals surface area contributed by atoms with Crippen LogP contribution in [0, 0.1) is 6.92 Å². The number of hydrogen-bond acceptors (Lipinski definition) is 3. The molecule has 0 aromatic heterocycles. The summed E-state index contributed by atoms with van der Waals surface area (Å²) in [6.45, 7) is 2.33. The molecule has 4 rings (SSSR count). The quantitative estimate of drug-likeness (QED) is 0.415. The summed E-state index contributed by atoms with van der Waals surface area (Å²) in [5.41, 5.74) is 3.22. The molecule has 1 aliphatic rings. The molecule has 0 unspecified atom stereocenters. The summed E-state index contributed by atoms with van der Waals surface area (Å²) in [5, 5.41) is 0.608. The van der Waals surface area contributed by atoms with Gasteiger partial charge in [0.15, 0.2) is 5.76 Å². The summed E-state index contributed by atoms with van der Waals surface area (Å²) in [7, 11) is 0. The van der Waals surface area contributed by atoms with Crippen LogP contribution in [0.3, 0.4) is 0 Å². The van der Waals surface area contributed by atoms with Crippen molar-refractivity contribution in [2.75, 3.05) is 0 Å². The van der Waals surface area contributed by atoms with Crippen molar-refractivity contribution in [3.63, 3.8) is 0 Å². The smallest absolute Gasteiger partial charge is 0.231 e. The number of carbonyl (C=O) groups is 1. The van der Waals surface area contributed by atoms with Crippen molar-refractivity contribution in [3.8, 4) is 11.5 Å². The average Bonchev–Trinajstić information content (AvgIpc) is 2.99. The van der Waals surface area contributed by atoms with E-state index in [1.807, 2.05) is 49.4 Å². The van der Waals surface area contributed by atoms with Crippen molar-refractivity contribution in [1.29, 1.82) is 0 Å². The van der Waals surface area contributed by atoms with Crippen LogP contribution in [0.15, 0.2) is 70.9 Å². The molecule has 0 aliphatic carbocycles. The third-order valence-corrected chi connectivity index (χ3v) is 5.25. The highest BCUT2D eigenvalue weighted by molar-refractivity contribution is 9.10. The molecule has 3 aromatic rings. The number of allylic oxidation sites excluding steroid dienone is 1. The van der Waals surface area contributed by atoms with Crippen molar-refractivity contribution in [3.05, 3.63) is 98.2 Å². The van der Waals surface area contributed by atoms with Gasteiger partial charge in [0.05, 0.1) is 5.56 Å². The second-order valence-electron chi connectivity index (χ2n) is 6.48. The van der Waals surface area contributed by atoms with E-state index in [-0.39, 0.29) is 11.5 Å². The van der Waals surface area contributed by atoms with Gasteiger partial charge in [-0.05, 0) is 60.5 Å². The van der Waals surface area contributed by atoms with Gasteiger partial charge in [0.25, 0.3) is 0 Å². The molecule has 0 saturated heterocycles. The first-order chi connectivity index (χ1) is 13.5. The van der Waals surface area contributed by atoms with Gasteiger partial charge in [-0.25, -0.2) is 0 Å². The maximum Gasteiger partial charge on any atom is 0.231 e. The van der Waals surface area contributed by atoms with Crippen molar-refractivity contribution < 1.29 is 14.3 Å². The van der Waals surface area contributed by atoms with Crippen molar-refractivity contribution in [2.24, 2.45) is 0 Å². The normalized spacial score (nSPS) is 14.1. The molecule has 0 saturated carbocycles. The summed E-state index contributed by atoms with van der Waals surface area (Å²) in [4.78, 5) is 12.7. The van der Waals surface area contributed by atoms with Crippen LogP contribution in [-0.2, 0) is 6.61 Å². The lowest BCUT2D eigenvalue weighted by Gasteiger charge is -2.11. The van der Waals surface area contributed by atoms with Crippen LogP contribution in [-0.4, -0.2) is 5.78 Å². The minimum atomic E-state index is -0.141. The Balaban J connectivity index is 1.57. The van der Waals surface area contributed by atoms with E-state index in [4.69, 9.17) is 21.1 Å². The molecular weight excluding hydrogens is 440 g/mol. The van der Waals surface area contributed by atoms with Gasteiger partial charge < -0.3 is 9.47 Å². The Bertz CT molecular complexity index is 1090. The van der Waals surface area contributed by atoms with Gasteiger partial charge in [0.1, 0.15) is 18.1 Å². The number of ketones is 1. The first-order valence-electron chi connectivity index (χ1n) is 8.72. The third-order valence-electron chi connectivity index (χ3n) is 4.49. The lowest BCUT2D eigenvalue weighted by Crippen LogP contribution is -1.98. The van der Waals surface area contributed by atoms with Crippen LogP contribution in [0.4, 0.5) is 0 Å². The molecule has 0 spiro atoms. The Kier molecular flexibility index (Phi) is 5.25. The van der Waals surface area contributed by atoms with Gasteiger partial charge in [0.2, 0.25) is 5.78 Å². The van der Waals surface area contributed by atoms with E-state index >= 15 is 0 Å². The van der Waals surface area contributed by atoms with Gasteiger partial charge >= 0.3 is 0 Å². The molecule has 0 bridgehead atoms. The lowest BCUT2D eigenvalue weighted by molar-refractivity contribution is 0.101. The number of ether oxygens (including phenoxy) is 2.